The summed E-state index contributed by atoms with van der Waals surface area (Å²) in [5, 5.41) is 0. The van der Waals surface area contributed by atoms with Gasteiger partial charge < -0.3 is 19.3 Å². The molecule has 0 heterocycles. The van der Waals surface area contributed by atoms with Crippen LogP contribution >= 0.6 is 0 Å². The van der Waals surface area contributed by atoms with Crippen molar-refractivity contribution in [1.82, 2.24) is 0 Å². The van der Waals surface area contributed by atoms with Crippen molar-refractivity contribution in [3.05, 3.63) is 163 Å². The zero-order valence-corrected chi connectivity index (χ0v) is 25.9. The zero-order valence-electron chi connectivity index (χ0n) is 25.9. The van der Waals surface area contributed by atoms with Crippen LogP contribution in [0.5, 0.6) is 11.5 Å². The first-order chi connectivity index (χ1) is 22.1. The van der Waals surface area contributed by atoms with Crippen LogP contribution in [-0.4, -0.2) is 14.2 Å². The van der Waals surface area contributed by atoms with E-state index in [1.807, 2.05) is 30.3 Å². The Balaban J connectivity index is 1.32. The van der Waals surface area contributed by atoms with Gasteiger partial charge in [-0.2, -0.15) is 0 Å². The van der Waals surface area contributed by atoms with Crippen molar-refractivity contribution < 1.29 is 9.47 Å². The second-order valence-corrected chi connectivity index (χ2v) is 10.8. The minimum Gasteiger partial charge on any atom is -0.497 e. The van der Waals surface area contributed by atoms with Gasteiger partial charge in [0.25, 0.3) is 0 Å². The average molecular weight is 589 g/mol. The molecule has 0 N–H and O–H groups in total. The number of hydrogen-bond acceptors (Lipinski definition) is 4. The largest absolute Gasteiger partial charge is 0.497 e. The van der Waals surface area contributed by atoms with Gasteiger partial charge in [-0.05, 0) is 126 Å². The molecule has 0 amide bonds. The van der Waals surface area contributed by atoms with Crippen molar-refractivity contribution in [1.29, 1.82) is 0 Å². The summed E-state index contributed by atoms with van der Waals surface area (Å²) < 4.78 is 10.8. The van der Waals surface area contributed by atoms with Gasteiger partial charge in [0.1, 0.15) is 11.5 Å². The molecule has 0 aliphatic carbocycles. The van der Waals surface area contributed by atoms with E-state index in [1.165, 1.54) is 5.56 Å². The summed E-state index contributed by atoms with van der Waals surface area (Å²) in [6.45, 7) is 6.02. The molecule has 4 heteroatoms. The van der Waals surface area contributed by atoms with Crippen molar-refractivity contribution in [2.45, 2.75) is 6.92 Å². The summed E-state index contributed by atoms with van der Waals surface area (Å²) in [4.78, 5) is 4.51. The number of rotatable bonds is 10. The lowest BCUT2D eigenvalue weighted by molar-refractivity contribution is 0.414. The molecule has 0 saturated heterocycles. The van der Waals surface area contributed by atoms with Gasteiger partial charge in [-0.1, -0.05) is 61.2 Å². The summed E-state index contributed by atoms with van der Waals surface area (Å²) in [6, 6.07) is 50.7. The highest BCUT2D eigenvalue weighted by Crippen LogP contribution is 2.39. The second-order valence-electron chi connectivity index (χ2n) is 10.8. The molecule has 6 rings (SSSR count). The van der Waals surface area contributed by atoms with Gasteiger partial charge in [0.05, 0.1) is 14.2 Å². The fourth-order valence-electron chi connectivity index (χ4n) is 5.49. The topological polar surface area (TPSA) is 24.9 Å². The van der Waals surface area contributed by atoms with Crippen LogP contribution in [0.2, 0.25) is 0 Å². The fraction of sp³-hybridized carbons (Fsp3) is 0.0732. The quantitative estimate of drug-likeness (QED) is 0.159. The molecule has 45 heavy (non-hydrogen) atoms. The summed E-state index contributed by atoms with van der Waals surface area (Å²) >= 11 is 0. The molecular formula is C41H36N2O2. The van der Waals surface area contributed by atoms with Crippen molar-refractivity contribution in [3.63, 3.8) is 0 Å². The predicted octanol–water partition coefficient (Wildman–Crippen LogP) is 11.3. The Kier molecular flexibility index (Phi) is 8.65. The van der Waals surface area contributed by atoms with Crippen LogP contribution in [-0.2, 0) is 0 Å². The molecule has 0 fully saturated rings. The number of methoxy groups -OCH3 is 2. The third-order valence-electron chi connectivity index (χ3n) is 7.89. The summed E-state index contributed by atoms with van der Waals surface area (Å²) in [6.07, 6.45) is 1.86. The maximum absolute atomic E-state index is 5.41. The lowest BCUT2D eigenvalue weighted by Crippen LogP contribution is -2.10. The van der Waals surface area contributed by atoms with Crippen LogP contribution in [0.4, 0.5) is 34.1 Å². The minimum absolute atomic E-state index is 0.826. The SMILES string of the molecule is C=Cc1ccc(N(c2ccc(OC)cc2)c2ccc(-c3ccc(N(c4ccc(OC)cc4)c4cccc(C)c4)cc3)cc2)cc1. The van der Waals surface area contributed by atoms with Crippen LogP contribution in [0.15, 0.2) is 152 Å². The zero-order chi connectivity index (χ0) is 31.2. The van der Waals surface area contributed by atoms with Gasteiger partial charge in [0.2, 0.25) is 0 Å². The van der Waals surface area contributed by atoms with E-state index in [0.29, 0.717) is 0 Å². The molecule has 4 nitrogen and oxygen atoms in total. The van der Waals surface area contributed by atoms with E-state index >= 15 is 0 Å². The molecule has 0 aliphatic heterocycles. The molecule has 0 bridgehead atoms. The third kappa shape index (κ3) is 6.46. The molecule has 222 valence electrons. The van der Waals surface area contributed by atoms with E-state index in [1.54, 1.807) is 14.2 Å². The Hall–Kier alpha value is -5.74. The molecular weight excluding hydrogens is 552 g/mol. The number of benzene rings is 6. The molecule has 6 aromatic carbocycles. The minimum atomic E-state index is 0.826. The summed E-state index contributed by atoms with van der Waals surface area (Å²) in [5.74, 6) is 1.66. The number of nitrogens with zero attached hydrogens (tertiary/aromatic N) is 2. The lowest BCUT2D eigenvalue weighted by Gasteiger charge is -2.26. The van der Waals surface area contributed by atoms with Crippen LogP contribution < -0.4 is 19.3 Å². The lowest BCUT2D eigenvalue weighted by atomic mass is 10.0. The maximum Gasteiger partial charge on any atom is 0.119 e. The van der Waals surface area contributed by atoms with Crippen molar-refractivity contribution >= 4 is 40.2 Å². The molecule has 0 saturated carbocycles. The van der Waals surface area contributed by atoms with E-state index in [-0.39, 0.29) is 0 Å². The number of ether oxygens (including phenoxy) is 2. The van der Waals surface area contributed by atoms with Crippen molar-refractivity contribution in [2.75, 3.05) is 24.0 Å². The molecule has 0 unspecified atom stereocenters. The van der Waals surface area contributed by atoms with Gasteiger partial charge in [-0.15, -0.1) is 0 Å². The molecule has 0 spiro atoms. The van der Waals surface area contributed by atoms with E-state index in [9.17, 15) is 0 Å². The van der Waals surface area contributed by atoms with Gasteiger partial charge in [0.15, 0.2) is 0 Å². The first kappa shape index (κ1) is 29.3. The highest BCUT2D eigenvalue weighted by molar-refractivity contribution is 5.81. The highest BCUT2D eigenvalue weighted by atomic mass is 16.5. The number of anilines is 6. The Morgan fingerprint density at radius 3 is 1.22 bits per heavy atom. The molecule has 0 aromatic heterocycles. The fourth-order valence-corrected chi connectivity index (χ4v) is 5.49. The number of aryl methyl sites for hydroxylation is 1. The number of hydrogen-bond donors (Lipinski definition) is 0. The Bertz CT molecular complexity index is 1860. The monoisotopic (exact) mass is 588 g/mol. The first-order valence-electron chi connectivity index (χ1n) is 14.9. The highest BCUT2D eigenvalue weighted by Gasteiger charge is 2.15. The van der Waals surface area contributed by atoms with Crippen molar-refractivity contribution in [3.8, 4) is 22.6 Å². The summed E-state index contributed by atoms with van der Waals surface area (Å²) in [7, 11) is 3.38. The molecule has 0 atom stereocenters. The smallest absolute Gasteiger partial charge is 0.119 e. The van der Waals surface area contributed by atoms with E-state index in [0.717, 1.165) is 62.3 Å². The first-order valence-corrected chi connectivity index (χ1v) is 14.9. The molecule has 6 aromatic rings. The standard InChI is InChI=1S/C41H36N2O2/c1-5-31-9-15-34(16-10-31)42(37-21-25-40(44-3)26-22-37)35-17-11-32(12-18-35)33-13-19-36(20-14-33)43(39-8-6-7-30(2)29-39)38-23-27-41(45-4)28-24-38/h5-29H,1H2,2-4H3. The van der Waals surface area contributed by atoms with Crippen LogP contribution in [0.3, 0.4) is 0 Å². The Morgan fingerprint density at radius 1 is 0.467 bits per heavy atom. The van der Waals surface area contributed by atoms with Gasteiger partial charge in [-0.3, -0.25) is 0 Å². The van der Waals surface area contributed by atoms with E-state index in [2.05, 4.69) is 145 Å². The maximum atomic E-state index is 5.41. The van der Waals surface area contributed by atoms with E-state index < -0.39 is 0 Å². The Labute approximate surface area is 266 Å². The van der Waals surface area contributed by atoms with Crippen LogP contribution in [0.1, 0.15) is 11.1 Å². The van der Waals surface area contributed by atoms with Gasteiger partial charge >= 0.3 is 0 Å². The molecule has 0 radical (unpaired) electrons. The van der Waals surface area contributed by atoms with E-state index in [4.69, 9.17) is 9.47 Å². The molecule has 0 aliphatic rings. The summed E-state index contributed by atoms with van der Waals surface area (Å²) in [5.41, 5.74) is 11.0. The Morgan fingerprint density at radius 2 is 0.844 bits per heavy atom. The van der Waals surface area contributed by atoms with Crippen LogP contribution in [0, 0.1) is 6.92 Å². The predicted molar refractivity (Wildman–Crippen MR) is 189 cm³/mol. The second kappa shape index (κ2) is 13.3. The normalized spacial score (nSPS) is 10.6. The third-order valence-corrected chi connectivity index (χ3v) is 7.89. The van der Waals surface area contributed by atoms with Crippen molar-refractivity contribution in [2.24, 2.45) is 0 Å². The van der Waals surface area contributed by atoms with Crippen LogP contribution in [0.25, 0.3) is 17.2 Å². The van der Waals surface area contributed by atoms with Gasteiger partial charge in [-0.25, -0.2) is 0 Å². The van der Waals surface area contributed by atoms with Gasteiger partial charge in [0, 0.05) is 34.1 Å². The average Bonchev–Trinajstić information content (AvgIpc) is 3.10.